The first-order valence-corrected chi connectivity index (χ1v) is 7.41. The van der Waals surface area contributed by atoms with Crippen molar-refractivity contribution in [2.24, 2.45) is 0 Å². The van der Waals surface area contributed by atoms with Gasteiger partial charge >= 0.3 is 12.0 Å². The number of fused-ring (bicyclic) bond motifs is 1. The van der Waals surface area contributed by atoms with Gasteiger partial charge < -0.3 is 24.8 Å². The van der Waals surface area contributed by atoms with Crippen LogP contribution in [0.1, 0.15) is 23.5 Å². The highest BCUT2D eigenvalue weighted by Crippen LogP contribution is 2.33. The fraction of sp³-hybridized carbons (Fsp3) is 0.692. The van der Waals surface area contributed by atoms with Crippen molar-refractivity contribution in [2.75, 3.05) is 26.9 Å². The lowest BCUT2D eigenvalue weighted by Crippen LogP contribution is -2.48. The second-order valence-corrected chi connectivity index (χ2v) is 5.35. The molecule has 3 rings (SSSR count). The minimum absolute atomic E-state index is 0.131. The first-order chi connectivity index (χ1) is 11.1. The van der Waals surface area contributed by atoms with E-state index in [1.807, 2.05) is 6.92 Å². The minimum Gasteiger partial charge on any atom is -0.464 e. The average Bonchev–Trinajstić information content (AvgIpc) is 3.23. The molecule has 10 nitrogen and oxygen atoms in total. The van der Waals surface area contributed by atoms with Crippen LogP contribution in [0, 0.1) is 0 Å². The lowest BCUT2D eigenvalue weighted by atomic mass is 10.1. The highest BCUT2D eigenvalue weighted by atomic mass is 16.6. The maximum atomic E-state index is 11.6. The molecule has 3 heterocycles. The van der Waals surface area contributed by atoms with Crippen molar-refractivity contribution in [1.82, 2.24) is 25.6 Å². The van der Waals surface area contributed by atoms with E-state index in [0.29, 0.717) is 19.8 Å². The molecule has 0 spiro atoms. The van der Waals surface area contributed by atoms with Gasteiger partial charge in [0.2, 0.25) is 0 Å². The van der Waals surface area contributed by atoms with Crippen molar-refractivity contribution in [2.45, 2.75) is 31.2 Å². The molecule has 0 aliphatic carbocycles. The predicted molar refractivity (Wildman–Crippen MR) is 75.9 cm³/mol. The Hall–Kier alpha value is -2.20. The van der Waals surface area contributed by atoms with Crippen molar-refractivity contribution < 1.29 is 23.8 Å². The molecule has 0 aromatic carbocycles. The summed E-state index contributed by atoms with van der Waals surface area (Å²) in [6.07, 6.45) is 0.998. The van der Waals surface area contributed by atoms with Crippen LogP contribution in [0.2, 0.25) is 0 Å². The number of nitrogens with one attached hydrogen (secondary N) is 2. The van der Waals surface area contributed by atoms with Crippen molar-refractivity contribution in [3.05, 3.63) is 11.9 Å². The second kappa shape index (κ2) is 6.50. The minimum atomic E-state index is -0.546. The van der Waals surface area contributed by atoms with Crippen molar-refractivity contribution in [1.29, 1.82) is 0 Å². The average molecular weight is 325 g/mol. The Bertz CT molecular complexity index is 591. The van der Waals surface area contributed by atoms with Crippen LogP contribution in [-0.2, 0) is 14.2 Å². The summed E-state index contributed by atoms with van der Waals surface area (Å²) in [6, 6.07) is -0.672. The lowest BCUT2D eigenvalue weighted by Gasteiger charge is -2.17. The summed E-state index contributed by atoms with van der Waals surface area (Å²) in [6.45, 7) is 3.12. The Morgan fingerprint density at radius 3 is 2.91 bits per heavy atom. The molecule has 10 heteroatoms. The van der Waals surface area contributed by atoms with Gasteiger partial charge in [0.15, 0.2) is 5.69 Å². The standard InChI is InChI=1S/C13H19N5O5/c1-3-14-13(20)15-8-5-22-11-9(6-23-10(8)11)18-4-7(16-17-18)12(19)21-2/h4,8-11H,3,5-6H2,1-2H3,(H2,14,15,20)/t8-,9+,10-,11+/m1/s1. The summed E-state index contributed by atoms with van der Waals surface area (Å²) in [7, 11) is 1.29. The van der Waals surface area contributed by atoms with Gasteiger partial charge in [0.1, 0.15) is 18.2 Å². The zero-order valence-corrected chi connectivity index (χ0v) is 12.9. The maximum Gasteiger partial charge on any atom is 0.360 e. The van der Waals surface area contributed by atoms with Crippen LogP contribution in [0.15, 0.2) is 6.20 Å². The topological polar surface area (TPSA) is 117 Å². The largest absolute Gasteiger partial charge is 0.464 e. The number of hydrogen-bond donors (Lipinski definition) is 2. The summed E-state index contributed by atoms with van der Waals surface area (Å²) < 4.78 is 17.7. The molecule has 2 aliphatic rings. The Labute approximate surface area is 132 Å². The Kier molecular flexibility index (Phi) is 4.44. The summed E-state index contributed by atoms with van der Waals surface area (Å²) in [5.74, 6) is -0.546. The fourth-order valence-electron chi connectivity index (χ4n) is 2.85. The van der Waals surface area contributed by atoms with E-state index in [0.717, 1.165) is 0 Å². The van der Waals surface area contributed by atoms with Gasteiger partial charge in [-0.25, -0.2) is 14.3 Å². The molecular formula is C13H19N5O5. The van der Waals surface area contributed by atoms with Gasteiger partial charge in [0.05, 0.1) is 32.6 Å². The van der Waals surface area contributed by atoms with Crippen LogP contribution in [0.25, 0.3) is 0 Å². The van der Waals surface area contributed by atoms with Crippen LogP contribution in [-0.4, -0.2) is 72.1 Å². The summed E-state index contributed by atoms with van der Waals surface area (Å²) in [5, 5.41) is 13.2. The molecule has 0 unspecified atom stereocenters. The number of amides is 2. The number of ether oxygens (including phenoxy) is 3. The number of carbonyl (C=O) groups excluding carboxylic acids is 2. The SMILES string of the molecule is CCNC(=O)N[C@@H]1CO[C@@H]2[C@@H]1OC[C@@H]2n1cc(C(=O)OC)nn1. The molecule has 0 bridgehead atoms. The fourth-order valence-corrected chi connectivity index (χ4v) is 2.85. The number of esters is 1. The van der Waals surface area contributed by atoms with Crippen LogP contribution in [0.3, 0.4) is 0 Å². The zero-order valence-electron chi connectivity index (χ0n) is 12.9. The number of rotatable bonds is 4. The van der Waals surface area contributed by atoms with Gasteiger partial charge in [-0.2, -0.15) is 0 Å². The van der Waals surface area contributed by atoms with Gasteiger partial charge in [-0.15, -0.1) is 5.10 Å². The number of carbonyl (C=O) groups is 2. The first-order valence-electron chi connectivity index (χ1n) is 7.41. The van der Waals surface area contributed by atoms with E-state index in [1.54, 1.807) is 4.68 Å². The quantitative estimate of drug-likeness (QED) is 0.688. The van der Waals surface area contributed by atoms with Gasteiger partial charge in [-0.3, -0.25) is 0 Å². The number of urea groups is 1. The van der Waals surface area contributed by atoms with Gasteiger partial charge in [0, 0.05) is 6.54 Å². The summed E-state index contributed by atoms with van der Waals surface area (Å²) >= 11 is 0. The van der Waals surface area contributed by atoms with E-state index in [2.05, 4.69) is 25.7 Å². The Morgan fingerprint density at radius 1 is 1.39 bits per heavy atom. The van der Waals surface area contributed by atoms with E-state index < -0.39 is 5.97 Å². The molecule has 23 heavy (non-hydrogen) atoms. The third-order valence-electron chi connectivity index (χ3n) is 3.93. The molecule has 1 aromatic heterocycles. The molecule has 2 amide bonds. The van der Waals surface area contributed by atoms with Crippen LogP contribution >= 0.6 is 0 Å². The predicted octanol–water partition coefficient (Wildman–Crippen LogP) is -0.909. The summed E-state index contributed by atoms with van der Waals surface area (Å²) in [5.41, 5.74) is 0.131. The molecule has 2 saturated heterocycles. The van der Waals surface area contributed by atoms with Crippen LogP contribution < -0.4 is 10.6 Å². The number of methoxy groups -OCH3 is 1. The molecule has 2 N–H and O–H groups in total. The van der Waals surface area contributed by atoms with Crippen molar-refractivity contribution in [3.63, 3.8) is 0 Å². The van der Waals surface area contributed by atoms with Crippen molar-refractivity contribution in [3.8, 4) is 0 Å². The molecule has 2 aliphatic heterocycles. The molecule has 2 fully saturated rings. The van der Waals surface area contributed by atoms with Gasteiger partial charge in [-0.05, 0) is 6.92 Å². The monoisotopic (exact) mass is 325 g/mol. The molecule has 4 atom stereocenters. The Morgan fingerprint density at radius 2 is 2.17 bits per heavy atom. The van der Waals surface area contributed by atoms with E-state index in [4.69, 9.17) is 9.47 Å². The van der Waals surface area contributed by atoms with Crippen LogP contribution in [0.5, 0.6) is 0 Å². The third-order valence-corrected chi connectivity index (χ3v) is 3.93. The normalized spacial score (nSPS) is 29.1. The van der Waals surface area contributed by atoms with Gasteiger partial charge in [-0.1, -0.05) is 5.21 Å². The van der Waals surface area contributed by atoms with E-state index in [-0.39, 0.29) is 36.0 Å². The molecule has 1 aromatic rings. The van der Waals surface area contributed by atoms with Crippen molar-refractivity contribution >= 4 is 12.0 Å². The van der Waals surface area contributed by atoms with E-state index >= 15 is 0 Å². The highest BCUT2D eigenvalue weighted by molar-refractivity contribution is 5.86. The highest BCUT2D eigenvalue weighted by Gasteiger charge is 2.49. The first kappa shape index (κ1) is 15.7. The van der Waals surface area contributed by atoms with E-state index in [1.165, 1.54) is 13.3 Å². The molecule has 0 saturated carbocycles. The second-order valence-electron chi connectivity index (χ2n) is 5.35. The molecule has 0 radical (unpaired) electrons. The summed E-state index contributed by atoms with van der Waals surface area (Å²) in [4.78, 5) is 23.1. The van der Waals surface area contributed by atoms with Crippen LogP contribution in [0.4, 0.5) is 4.79 Å². The molecular weight excluding hydrogens is 306 g/mol. The third kappa shape index (κ3) is 2.99. The maximum absolute atomic E-state index is 11.6. The number of nitrogens with zero attached hydrogens (tertiary/aromatic N) is 3. The van der Waals surface area contributed by atoms with E-state index in [9.17, 15) is 9.59 Å². The van der Waals surface area contributed by atoms with Gasteiger partial charge in [0.25, 0.3) is 0 Å². The zero-order chi connectivity index (χ0) is 16.4. The Balaban J connectivity index is 1.66. The lowest BCUT2D eigenvalue weighted by molar-refractivity contribution is 0.0592. The number of aromatic nitrogens is 3. The molecule has 126 valence electrons. The number of hydrogen-bond acceptors (Lipinski definition) is 7. The smallest absolute Gasteiger partial charge is 0.360 e.